The zero-order chi connectivity index (χ0) is 15.5. The Morgan fingerprint density at radius 1 is 1.10 bits per heavy atom. The maximum absolute atomic E-state index is 12.8. The molecule has 0 aliphatic rings. The fourth-order valence-electron chi connectivity index (χ4n) is 1.96. The Morgan fingerprint density at radius 2 is 1.76 bits per heavy atom. The number of benzene rings is 2. The van der Waals surface area contributed by atoms with Crippen LogP contribution >= 0.6 is 27.5 Å². The number of nitrogens with one attached hydrogen (secondary N) is 1. The van der Waals surface area contributed by atoms with Gasteiger partial charge in [0.15, 0.2) is 0 Å². The molecule has 0 bridgehead atoms. The highest BCUT2D eigenvalue weighted by Crippen LogP contribution is 2.33. The first-order valence-electron chi connectivity index (χ1n) is 6.18. The number of alkyl halides is 3. The third-order valence-electron chi connectivity index (χ3n) is 2.90. The average Bonchev–Trinajstić information content (AvgIpc) is 2.42. The van der Waals surface area contributed by atoms with Gasteiger partial charge in [0, 0.05) is 10.2 Å². The lowest BCUT2D eigenvalue weighted by Crippen LogP contribution is -2.20. The quantitative estimate of drug-likeness (QED) is 0.667. The summed E-state index contributed by atoms with van der Waals surface area (Å²) in [5.74, 6) is 0. The number of hydrogen-bond donors (Lipinski definition) is 1. The minimum absolute atomic E-state index is 0.443. The predicted octanol–water partition coefficient (Wildman–Crippen LogP) is 6.21. The van der Waals surface area contributed by atoms with Gasteiger partial charge >= 0.3 is 6.18 Å². The lowest BCUT2D eigenvalue weighted by Gasteiger charge is -2.22. The molecule has 1 atom stereocenters. The van der Waals surface area contributed by atoms with Crippen LogP contribution in [0.1, 0.15) is 18.0 Å². The minimum Gasteiger partial charge on any atom is -0.378 e. The zero-order valence-corrected chi connectivity index (χ0v) is 13.1. The predicted molar refractivity (Wildman–Crippen MR) is 82.6 cm³/mol. The molecule has 112 valence electrons. The number of halogens is 5. The molecule has 0 amide bonds. The summed E-state index contributed by atoms with van der Waals surface area (Å²) >= 11 is 9.22. The summed E-state index contributed by atoms with van der Waals surface area (Å²) in [6.07, 6.45) is -5.21. The van der Waals surface area contributed by atoms with E-state index in [1.807, 2.05) is 0 Å². The van der Waals surface area contributed by atoms with Crippen LogP contribution in [0.2, 0.25) is 5.02 Å². The van der Waals surface area contributed by atoms with E-state index in [1.165, 1.54) is 0 Å². The van der Waals surface area contributed by atoms with Crippen molar-refractivity contribution in [2.24, 2.45) is 0 Å². The normalized spacial score (nSPS) is 13.0. The van der Waals surface area contributed by atoms with Gasteiger partial charge in [-0.25, -0.2) is 0 Å². The molecule has 0 heterocycles. The van der Waals surface area contributed by atoms with Crippen molar-refractivity contribution in [1.82, 2.24) is 0 Å². The summed E-state index contributed by atoms with van der Waals surface area (Å²) in [5.41, 5.74) is 1.12. The summed E-state index contributed by atoms with van der Waals surface area (Å²) < 4.78 is 39.0. The zero-order valence-electron chi connectivity index (χ0n) is 10.8. The van der Waals surface area contributed by atoms with Crippen molar-refractivity contribution in [2.45, 2.75) is 18.6 Å². The minimum atomic E-state index is -4.26. The first-order chi connectivity index (χ1) is 9.85. The molecule has 0 aliphatic carbocycles. The van der Waals surface area contributed by atoms with Crippen LogP contribution in [-0.2, 0) is 0 Å². The van der Waals surface area contributed by atoms with Crippen LogP contribution in [0.15, 0.2) is 53.0 Å². The molecule has 2 aromatic rings. The Bertz CT molecular complexity index is 602. The van der Waals surface area contributed by atoms with Gasteiger partial charge < -0.3 is 5.32 Å². The van der Waals surface area contributed by atoms with Crippen LogP contribution in [0.25, 0.3) is 0 Å². The van der Waals surface area contributed by atoms with Crippen molar-refractivity contribution in [3.63, 3.8) is 0 Å². The molecule has 2 aromatic carbocycles. The van der Waals surface area contributed by atoms with E-state index in [4.69, 9.17) is 11.6 Å². The summed E-state index contributed by atoms with van der Waals surface area (Å²) in [6, 6.07) is 12.7. The average molecular weight is 379 g/mol. The highest BCUT2D eigenvalue weighted by atomic mass is 79.9. The Kier molecular flexibility index (Phi) is 5.17. The van der Waals surface area contributed by atoms with Gasteiger partial charge in [0.25, 0.3) is 0 Å². The Labute approximate surface area is 134 Å². The second kappa shape index (κ2) is 6.71. The van der Waals surface area contributed by atoms with E-state index < -0.39 is 18.6 Å². The molecule has 0 saturated carbocycles. The number of hydrogen-bond acceptors (Lipinski definition) is 1. The van der Waals surface area contributed by atoms with Gasteiger partial charge in [-0.1, -0.05) is 41.9 Å². The second-order valence-electron chi connectivity index (χ2n) is 4.56. The summed E-state index contributed by atoms with van der Waals surface area (Å²) in [7, 11) is 0. The molecule has 0 aromatic heterocycles. The molecule has 21 heavy (non-hydrogen) atoms. The Morgan fingerprint density at radius 3 is 2.33 bits per heavy atom. The van der Waals surface area contributed by atoms with Crippen LogP contribution in [0.4, 0.5) is 18.9 Å². The molecule has 1 N–H and O–H groups in total. The molecular formula is C15H12BrClF3N. The topological polar surface area (TPSA) is 12.0 Å². The number of rotatable bonds is 4. The van der Waals surface area contributed by atoms with E-state index in [-0.39, 0.29) is 0 Å². The molecule has 0 aliphatic heterocycles. The fourth-order valence-corrected chi connectivity index (χ4v) is 2.38. The molecule has 0 spiro atoms. The first kappa shape index (κ1) is 16.2. The van der Waals surface area contributed by atoms with Crippen molar-refractivity contribution in [2.75, 3.05) is 5.32 Å². The van der Waals surface area contributed by atoms with E-state index >= 15 is 0 Å². The maximum atomic E-state index is 12.8. The van der Waals surface area contributed by atoms with Gasteiger partial charge in [0.05, 0.1) is 17.5 Å². The van der Waals surface area contributed by atoms with Crippen LogP contribution in [0, 0.1) is 0 Å². The highest BCUT2D eigenvalue weighted by Gasteiger charge is 2.32. The van der Waals surface area contributed by atoms with Crippen molar-refractivity contribution in [3.05, 3.63) is 63.6 Å². The monoisotopic (exact) mass is 377 g/mol. The van der Waals surface area contributed by atoms with Gasteiger partial charge in [0.2, 0.25) is 0 Å². The van der Waals surface area contributed by atoms with Gasteiger partial charge in [0.1, 0.15) is 0 Å². The van der Waals surface area contributed by atoms with Crippen LogP contribution in [-0.4, -0.2) is 6.18 Å². The highest BCUT2D eigenvalue weighted by molar-refractivity contribution is 9.10. The van der Waals surface area contributed by atoms with Crippen molar-refractivity contribution >= 4 is 33.2 Å². The van der Waals surface area contributed by atoms with Gasteiger partial charge in [-0.05, 0) is 39.7 Å². The molecule has 1 unspecified atom stereocenters. The Balaban J connectivity index is 2.25. The van der Waals surface area contributed by atoms with Crippen LogP contribution in [0.3, 0.4) is 0 Å². The Hall–Kier alpha value is -1.20. The van der Waals surface area contributed by atoms with Crippen molar-refractivity contribution < 1.29 is 13.2 Å². The molecular weight excluding hydrogens is 367 g/mol. The molecule has 2 rings (SSSR count). The smallest absolute Gasteiger partial charge is 0.378 e. The first-order valence-corrected chi connectivity index (χ1v) is 7.35. The van der Waals surface area contributed by atoms with E-state index in [9.17, 15) is 13.2 Å². The lowest BCUT2D eigenvalue weighted by molar-refractivity contribution is -0.137. The summed E-state index contributed by atoms with van der Waals surface area (Å²) in [6.45, 7) is 0. The number of anilines is 1. The largest absolute Gasteiger partial charge is 0.391 e. The lowest BCUT2D eigenvalue weighted by atomic mass is 10.0. The van der Waals surface area contributed by atoms with E-state index in [2.05, 4.69) is 21.2 Å². The van der Waals surface area contributed by atoms with E-state index in [1.54, 1.807) is 48.5 Å². The molecule has 6 heteroatoms. The van der Waals surface area contributed by atoms with Gasteiger partial charge in [-0.3, -0.25) is 0 Å². The summed E-state index contributed by atoms with van der Waals surface area (Å²) in [5, 5.41) is 3.34. The fraction of sp³-hybridized carbons (Fsp3) is 0.200. The molecule has 0 saturated heterocycles. The van der Waals surface area contributed by atoms with Crippen molar-refractivity contribution in [1.29, 1.82) is 0 Å². The SMILES string of the molecule is FC(F)(F)CC(Nc1ccc(Br)c(Cl)c1)c1ccccc1. The molecule has 1 nitrogen and oxygen atoms in total. The van der Waals surface area contributed by atoms with Crippen LogP contribution in [0.5, 0.6) is 0 Å². The van der Waals surface area contributed by atoms with Gasteiger partial charge in [-0.15, -0.1) is 0 Å². The maximum Gasteiger partial charge on any atom is 0.391 e. The second-order valence-corrected chi connectivity index (χ2v) is 5.82. The molecule has 0 radical (unpaired) electrons. The van der Waals surface area contributed by atoms with Crippen LogP contribution < -0.4 is 5.32 Å². The van der Waals surface area contributed by atoms with Gasteiger partial charge in [-0.2, -0.15) is 13.2 Å². The standard InChI is InChI=1S/C15H12BrClF3N/c16-12-7-6-11(8-13(12)17)21-14(9-15(18,19)20)10-4-2-1-3-5-10/h1-8,14,21H,9H2. The third-order valence-corrected chi connectivity index (χ3v) is 4.13. The summed E-state index contributed by atoms with van der Waals surface area (Å²) in [4.78, 5) is 0. The molecule has 0 fully saturated rings. The van der Waals surface area contributed by atoms with E-state index in [0.717, 1.165) is 0 Å². The van der Waals surface area contributed by atoms with E-state index in [0.29, 0.717) is 20.7 Å². The van der Waals surface area contributed by atoms with Crippen molar-refractivity contribution in [3.8, 4) is 0 Å². The third kappa shape index (κ3) is 4.93.